The van der Waals surface area contributed by atoms with E-state index in [0.29, 0.717) is 11.5 Å². The summed E-state index contributed by atoms with van der Waals surface area (Å²) in [6.07, 6.45) is 8.13. The first kappa shape index (κ1) is 21.2. The van der Waals surface area contributed by atoms with Crippen molar-refractivity contribution in [2.24, 2.45) is 5.41 Å². The number of para-hydroxylation sites is 1. The topological polar surface area (TPSA) is 42.8 Å². The largest absolute Gasteiger partial charge is 0.493 e. The molecule has 2 saturated heterocycles. The average Bonchev–Trinajstić information content (AvgIpc) is 3.35. The summed E-state index contributed by atoms with van der Waals surface area (Å²) in [7, 11) is 3.44. The monoisotopic (exact) mass is 412 g/mol. The van der Waals surface area contributed by atoms with Crippen LogP contribution in [0.2, 0.25) is 0 Å². The van der Waals surface area contributed by atoms with Crippen LogP contribution in [0.1, 0.15) is 50.3 Å². The van der Waals surface area contributed by atoms with Crippen molar-refractivity contribution in [1.82, 2.24) is 19.6 Å². The Hall–Kier alpha value is -2.05. The highest BCUT2D eigenvalue weighted by Gasteiger charge is 2.41. The fraction of sp³-hybridized carbons (Fsp3) is 0.625. The fourth-order valence-electron chi connectivity index (χ4n) is 5.26. The molecule has 2 aromatic rings. The summed E-state index contributed by atoms with van der Waals surface area (Å²) in [5.41, 5.74) is 2.96. The van der Waals surface area contributed by atoms with Gasteiger partial charge in [0.2, 0.25) is 0 Å². The van der Waals surface area contributed by atoms with Crippen molar-refractivity contribution in [2.45, 2.75) is 52.2 Å². The number of ether oxygens (including phenoxy) is 2. The van der Waals surface area contributed by atoms with Gasteiger partial charge in [0.25, 0.3) is 0 Å². The van der Waals surface area contributed by atoms with Gasteiger partial charge in [-0.15, -0.1) is 0 Å². The van der Waals surface area contributed by atoms with Gasteiger partial charge in [-0.2, -0.15) is 5.10 Å². The Morgan fingerprint density at radius 3 is 2.53 bits per heavy atom. The minimum Gasteiger partial charge on any atom is -0.493 e. The molecule has 2 fully saturated rings. The predicted octanol–water partition coefficient (Wildman–Crippen LogP) is 3.97. The molecule has 0 amide bonds. The maximum Gasteiger partial charge on any atom is 0.165 e. The van der Waals surface area contributed by atoms with Gasteiger partial charge in [0.05, 0.1) is 20.4 Å². The molecular weight excluding hydrogens is 376 g/mol. The van der Waals surface area contributed by atoms with Gasteiger partial charge in [-0.3, -0.25) is 14.5 Å². The molecule has 164 valence electrons. The lowest BCUT2D eigenvalue weighted by Crippen LogP contribution is -2.44. The van der Waals surface area contributed by atoms with E-state index in [2.05, 4.69) is 51.8 Å². The third-order valence-electron chi connectivity index (χ3n) is 6.73. The second kappa shape index (κ2) is 8.98. The standard InChI is InChI=1S/C24H36N4O2/c1-19(2)28-15-20(13-25-28)14-27-12-10-24(18-27)9-6-11-26(17-24)16-21-7-5-8-22(29-3)23(21)30-4/h5,7-8,13,15,19H,6,9-12,14,16-18H2,1-4H3/t24-/m0/s1. The highest BCUT2D eigenvalue weighted by Crippen LogP contribution is 2.40. The van der Waals surface area contributed by atoms with E-state index in [0.717, 1.165) is 37.7 Å². The Kier molecular flexibility index (Phi) is 6.34. The molecule has 2 aliphatic heterocycles. The summed E-state index contributed by atoms with van der Waals surface area (Å²) in [5, 5.41) is 4.51. The van der Waals surface area contributed by atoms with Gasteiger partial charge in [0, 0.05) is 49.5 Å². The molecular formula is C24H36N4O2. The van der Waals surface area contributed by atoms with Crippen molar-refractivity contribution in [1.29, 1.82) is 0 Å². The second-order valence-corrected chi connectivity index (χ2v) is 9.35. The quantitative estimate of drug-likeness (QED) is 0.688. The SMILES string of the molecule is COc1cccc(CN2CCC[C@]3(CCN(Cc4cnn(C(C)C)c4)C3)C2)c1OC. The third-order valence-corrected chi connectivity index (χ3v) is 6.73. The number of nitrogens with zero attached hydrogens (tertiary/aromatic N) is 4. The molecule has 0 N–H and O–H groups in total. The zero-order valence-corrected chi connectivity index (χ0v) is 18.9. The molecule has 1 aromatic heterocycles. The molecule has 6 heteroatoms. The van der Waals surface area contributed by atoms with Crippen molar-refractivity contribution in [2.75, 3.05) is 40.4 Å². The Morgan fingerprint density at radius 2 is 1.83 bits per heavy atom. The van der Waals surface area contributed by atoms with E-state index >= 15 is 0 Å². The number of methoxy groups -OCH3 is 2. The van der Waals surface area contributed by atoms with Crippen LogP contribution in [0.15, 0.2) is 30.6 Å². The molecule has 1 aromatic carbocycles. The van der Waals surface area contributed by atoms with Gasteiger partial charge in [-0.25, -0.2) is 0 Å². The molecule has 0 radical (unpaired) electrons. The molecule has 1 spiro atoms. The van der Waals surface area contributed by atoms with E-state index in [1.165, 1.54) is 43.5 Å². The molecule has 0 unspecified atom stereocenters. The number of hydrogen-bond donors (Lipinski definition) is 0. The van der Waals surface area contributed by atoms with E-state index in [1.807, 2.05) is 12.3 Å². The fourth-order valence-corrected chi connectivity index (χ4v) is 5.26. The normalized spacial score (nSPS) is 22.8. The van der Waals surface area contributed by atoms with Gasteiger partial charge in [-0.1, -0.05) is 12.1 Å². The summed E-state index contributed by atoms with van der Waals surface area (Å²) >= 11 is 0. The Labute approximate surface area is 180 Å². The van der Waals surface area contributed by atoms with Crippen LogP contribution >= 0.6 is 0 Å². The summed E-state index contributed by atoms with van der Waals surface area (Å²) < 4.78 is 13.2. The first-order valence-electron chi connectivity index (χ1n) is 11.2. The molecule has 0 saturated carbocycles. The Morgan fingerprint density at radius 1 is 1.03 bits per heavy atom. The van der Waals surface area contributed by atoms with Crippen LogP contribution < -0.4 is 9.47 Å². The van der Waals surface area contributed by atoms with E-state index in [-0.39, 0.29) is 0 Å². The smallest absolute Gasteiger partial charge is 0.165 e. The summed E-state index contributed by atoms with van der Waals surface area (Å²) in [6, 6.07) is 6.61. The Bertz CT molecular complexity index is 849. The van der Waals surface area contributed by atoms with Crippen LogP contribution in [0, 0.1) is 5.41 Å². The summed E-state index contributed by atoms with van der Waals surface area (Å²) in [4.78, 5) is 5.23. The Balaban J connectivity index is 1.39. The van der Waals surface area contributed by atoms with Crippen LogP contribution in [-0.2, 0) is 13.1 Å². The molecule has 30 heavy (non-hydrogen) atoms. The van der Waals surface area contributed by atoms with Gasteiger partial charge in [0.1, 0.15) is 0 Å². The minimum absolute atomic E-state index is 0.415. The second-order valence-electron chi connectivity index (χ2n) is 9.35. The van der Waals surface area contributed by atoms with Crippen LogP contribution in [0.25, 0.3) is 0 Å². The molecule has 0 bridgehead atoms. The lowest BCUT2D eigenvalue weighted by atomic mass is 9.79. The average molecular weight is 413 g/mol. The van der Waals surface area contributed by atoms with E-state index in [1.54, 1.807) is 14.2 Å². The van der Waals surface area contributed by atoms with Crippen molar-refractivity contribution >= 4 is 0 Å². The predicted molar refractivity (Wildman–Crippen MR) is 119 cm³/mol. The lowest BCUT2D eigenvalue weighted by Gasteiger charge is -2.40. The van der Waals surface area contributed by atoms with Gasteiger partial charge in [0.15, 0.2) is 11.5 Å². The van der Waals surface area contributed by atoms with Crippen LogP contribution in [-0.4, -0.2) is 60.0 Å². The number of hydrogen-bond acceptors (Lipinski definition) is 5. The third kappa shape index (κ3) is 4.49. The molecule has 3 heterocycles. The highest BCUT2D eigenvalue weighted by atomic mass is 16.5. The maximum atomic E-state index is 5.66. The van der Waals surface area contributed by atoms with Gasteiger partial charge >= 0.3 is 0 Å². The van der Waals surface area contributed by atoms with Crippen molar-refractivity contribution in [3.63, 3.8) is 0 Å². The minimum atomic E-state index is 0.415. The van der Waals surface area contributed by atoms with Crippen LogP contribution in [0.4, 0.5) is 0 Å². The number of likely N-dealkylation sites (tertiary alicyclic amines) is 2. The first-order valence-corrected chi connectivity index (χ1v) is 11.2. The zero-order valence-electron chi connectivity index (χ0n) is 18.9. The highest BCUT2D eigenvalue weighted by molar-refractivity contribution is 5.46. The summed E-state index contributed by atoms with van der Waals surface area (Å²) in [5.74, 6) is 1.69. The number of rotatable bonds is 7. The van der Waals surface area contributed by atoms with Gasteiger partial charge < -0.3 is 9.47 Å². The van der Waals surface area contributed by atoms with E-state index in [9.17, 15) is 0 Å². The van der Waals surface area contributed by atoms with Crippen LogP contribution in [0.5, 0.6) is 11.5 Å². The summed E-state index contributed by atoms with van der Waals surface area (Å²) in [6.45, 7) is 11.0. The van der Waals surface area contributed by atoms with E-state index < -0.39 is 0 Å². The molecule has 2 aliphatic rings. The van der Waals surface area contributed by atoms with Crippen molar-refractivity contribution < 1.29 is 9.47 Å². The lowest BCUT2D eigenvalue weighted by molar-refractivity contribution is 0.0859. The molecule has 4 rings (SSSR count). The van der Waals surface area contributed by atoms with Crippen molar-refractivity contribution in [3.8, 4) is 11.5 Å². The zero-order chi connectivity index (χ0) is 21.1. The molecule has 0 aliphatic carbocycles. The number of aromatic nitrogens is 2. The molecule has 6 nitrogen and oxygen atoms in total. The first-order chi connectivity index (χ1) is 14.5. The number of piperidine rings is 1. The number of benzene rings is 1. The van der Waals surface area contributed by atoms with Crippen molar-refractivity contribution in [3.05, 3.63) is 41.7 Å². The van der Waals surface area contributed by atoms with E-state index in [4.69, 9.17) is 9.47 Å². The molecule has 1 atom stereocenters. The maximum absolute atomic E-state index is 5.66. The van der Waals surface area contributed by atoms with Crippen LogP contribution in [0.3, 0.4) is 0 Å². The van der Waals surface area contributed by atoms with Gasteiger partial charge in [-0.05, 0) is 57.7 Å².